The first-order valence-corrected chi connectivity index (χ1v) is 3.31. The molecule has 0 aliphatic heterocycles. The summed E-state index contributed by atoms with van der Waals surface area (Å²) in [7, 11) is 0. The number of hydrogen-bond donors (Lipinski definition) is 3. The van der Waals surface area contributed by atoms with Crippen molar-refractivity contribution in [2.45, 2.75) is 13.0 Å². The van der Waals surface area contributed by atoms with Gasteiger partial charge in [-0.3, -0.25) is 0 Å². The van der Waals surface area contributed by atoms with Gasteiger partial charge in [0.05, 0.1) is 12.7 Å². The van der Waals surface area contributed by atoms with Gasteiger partial charge in [0.1, 0.15) is 0 Å². The Morgan fingerprint density at radius 3 is 2.70 bits per heavy atom. The Bertz CT molecular complexity index is 104. The minimum absolute atomic E-state index is 0.191. The zero-order valence-electron chi connectivity index (χ0n) is 6.30. The quantitative estimate of drug-likeness (QED) is 0.457. The van der Waals surface area contributed by atoms with Crippen molar-refractivity contribution in [1.29, 1.82) is 0 Å². The first-order valence-electron chi connectivity index (χ1n) is 3.31. The second kappa shape index (κ2) is 5.41. The molecule has 0 fully saturated rings. The van der Waals surface area contributed by atoms with E-state index < -0.39 is 6.10 Å². The molecule has 0 radical (unpaired) electrons. The molecule has 0 aromatic carbocycles. The predicted molar refractivity (Wildman–Crippen MR) is 40.8 cm³/mol. The van der Waals surface area contributed by atoms with Crippen LogP contribution < -0.4 is 5.32 Å². The third-order valence-corrected chi connectivity index (χ3v) is 1.02. The maximum absolute atomic E-state index is 8.83. The van der Waals surface area contributed by atoms with Crippen LogP contribution in [0.1, 0.15) is 6.92 Å². The fourth-order valence-corrected chi connectivity index (χ4v) is 0.517. The van der Waals surface area contributed by atoms with E-state index in [0.29, 0.717) is 13.1 Å². The molecule has 0 aromatic rings. The second-order valence-electron chi connectivity index (χ2n) is 2.42. The maximum Gasteiger partial charge on any atom is 0.0895 e. The largest absolute Gasteiger partial charge is 0.394 e. The highest BCUT2D eigenvalue weighted by atomic mass is 16.3. The third kappa shape index (κ3) is 5.75. The molecule has 1 atom stereocenters. The number of rotatable bonds is 5. The van der Waals surface area contributed by atoms with Crippen LogP contribution in [0.2, 0.25) is 0 Å². The van der Waals surface area contributed by atoms with Crippen LogP contribution in [0, 0.1) is 0 Å². The maximum atomic E-state index is 8.83. The average molecular weight is 145 g/mol. The lowest BCUT2D eigenvalue weighted by Crippen LogP contribution is -2.30. The summed E-state index contributed by atoms with van der Waals surface area (Å²) < 4.78 is 0. The van der Waals surface area contributed by atoms with Gasteiger partial charge in [-0.25, -0.2) is 0 Å². The molecule has 0 heterocycles. The summed E-state index contributed by atoms with van der Waals surface area (Å²) in [5, 5.41) is 20.1. The van der Waals surface area contributed by atoms with E-state index in [2.05, 4.69) is 11.9 Å². The Morgan fingerprint density at radius 1 is 1.70 bits per heavy atom. The van der Waals surface area contributed by atoms with Gasteiger partial charge < -0.3 is 15.5 Å². The van der Waals surface area contributed by atoms with E-state index in [1.54, 1.807) is 0 Å². The van der Waals surface area contributed by atoms with Gasteiger partial charge in [-0.15, -0.1) is 0 Å². The molecule has 0 amide bonds. The molecule has 0 aliphatic rings. The van der Waals surface area contributed by atoms with Gasteiger partial charge in [-0.2, -0.15) is 0 Å². The molecule has 0 saturated heterocycles. The van der Waals surface area contributed by atoms with Crippen LogP contribution in [0.3, 0.4) is 0 Å². The van der Waals surface area contributed by atoms with Gasteiger partial charge in [-0.1, -0.05) is 12.2 Å². The molecule has 3 heteroatoms. The lowest BCUT2D eigenvalue weighted by Gasteiger charge is -2.07. The van der Waals surface area contributed by atoms with Crippen LogP contribution in [0.15, 0.2) is 12.2 Å². The van der Waals surface area contributed by atoms with Gasteiger partial charge >= 0.3 is 0 Å². The topological polar surface area (TPSA) is 52.5 Å². The van der Waals surface area contributed by atoms with Crippen LogP contribution in [0.5, 0.6) is 0 Å². The molecule has 0 saturated carbocycles. The van der Waals surface area contributed by atoms with Crippen molar-refractivity contribution in [3.8, 4) is 0 Å². The molecule has 10 heavy (non-hydrogen) atoms. The number of aliphatic hydroxyl groups excluding tert-OH is 2. The zero-order valence-corrected chi connectivity index (χ0v) is 6.30. The summed E-state index contributed by atoms with van der Waals surface area (Å²) in [4.78, 5) is 0. The summed E-state index contributed by atoms with van der Waals surface area (Å²) in [5.74, 6) is 0. The van der Waals surface area contributed by atoms with Gasteiger partial charge in [0.15, 0.2) is 0 Å². The van der Waals surface area contributed by atoms with E-state index in [0.717, 1.165) is 5.57 Å². The first-order chi connectivity index (χ1) is 4.66. The van der Waals surface area contributed by atoms with Crippen LogP contribution in [-0.4, -0.2) is 36.0 Å². The standard InChI is InChI=1S/C7H15NO2/c1-6(2)3-8-4-7(10)5-9/h7-10H,1,3-5H2,2H3. The molecule has 0 spiro atoms. The Hall–Kier alpha value is -0.380. The van der Waals surface area contributed by atoms with Crippen molar-refractivity contribution in [3.05, 3.63) is 12.2 Å². The molecule has 3 N–H and O–H groups in total. The van der Waals surface area contributed by atoms with E-state index in [-0.39, 0.29) is 6.61 Å². The van der Waals surface area contributed by atoms with Gasteiger partial charge in [-0.05, 0) is 6.92 Å². The van der Waals surface area contributed by atoms with E-state index in [9.17, 15) is 0 Å². The minimum atomic E-state index is -0.653. The van der Waals surface area contributed by atoms with E-state index in [1.807, 2.05) is 6.92 Å². The summed E-state index contributed by atoms with van der Waals surface area (Å²) in [5.41, 5.74) is 1.02. The molecular formula is C7H15NO2. The van der Waals surface area contributed by atoms with E-state index in [4.69, 9.17) is 10.2 Å². The summed E-state index contributed by atoms with van der Waals surface area (Å²) in [6, 6.07) is 0. The summed E-state index contributed by atoms with van der Waals surface area (Å²) >= 11 is 0. The van der Waals surface area contributed by atoms with Crippen LogP contribution in [-0.2, 0) is 0 Å². The van der Waals surface area contributed by atoms with Crippen molar-refractivity contribution >= 4 is 0 Å². The normalized spacial score (nSPS) is 13.1. The smallest absolute Gasteiger partial charge is 0.0895 e. The molecular weight excluding hydrogens is 130 g/mol. The highest BCUT2D eigenvalue weighted by molar-refractivity contribution is 4.90. The van der Waals surface area contributed by atoms with Crippen molar-refractivity contribution in [2.75, 3.05) is 19.7 Å². The molecule has 60 valence electrons. The predicted octanol–water partition coefficient (Wildman–Crippen LogP) is -0.495. The Labute approximate surface area is 61.4 Å². The van der Waals surface area contributed by atoms with Crippen molar-refractivity contribution in [3.63, 3.8) is 0 Å². The average Bonchev–Trinajstić information content (AvgIpc) is 1.87. The number of hydrogen-bond acceptors (Lipinski definition) is 3. The number of nitrogens with one attached hydrogen (secondary N) is 1. The lowest BCUT2D eigenvalue weighted by molar-refractivity contribution is 0.0952. The Kier molecular flexibility index (Phi) is 5.20. The molecule has 1 unspecified atom stereocenters. The van der Waals surface area contributed by atoms with Gasteiger partial charge in [0.25, 0.3) is 0 Å². The van der Waals surface area contributed by atoms with Gasteiger partial charge in [0, 0.05) is 13.1 Å². The zero-order chi connectivity index (χ0) is 7.98. The van der Waals surface area contributed by atoms with Crippen molar-refractivity contribution < 1.29 is 10.2 Å². The second-order valence-corrected chi connectivity index (χ2v) is 2.42. The molecule has 3 nitrogen and oxygen atoms in total. The SMILES string of the molecule is C=C(C)CNCC(O)CO. The molecule has 0 aromatic heterocycles. The molecule has 0 aliphatic carbocycles. The minimum Gasteiger partial charge on any atom is -0.394 e. The highest BCUT2D eigenvalue weighted by Gasteiger charge is 1.98. The van der Waals surface area contributed by atoms with Crippen LogP contribution in [0.25, 0.3) is 0 Å². The Morgan fingerprint density at radius 2 is 2.30 bits per heavy atom. The van der Waals surface area contributed by atoms with E-state index >= 15 is 0 Å². The molecule has 0 bridgehead atoms. The summed E-state index contributed by atoms with van der Waals surface area (Å²) in [6.07, 6.45) is -0.653. The highest BCUT2D eigenvalue weighted by Crippen LogP contribution is 1.82. The monoisotopic (exact) mass is 145 g/mol. The summed E-state index contributed by atoms with van der Waals surface area (Å²) in [6.45, 7) is 6.49. The fourth-order valence-electron chi connectivity index (χ4n) is 0.517. The van der Waals surface area contributed by atoms with Crippen molar-refractivity contribution in [1.82, 2.24) is 5.32 Å². The van der Waals surface area contributed by atoms with Gasteiger partial charge in [0.2, 0.25) is 0 Å². The lowest BCUT2D eigenvalue weighted by atomic mass is 10.3. The first kappa shape index (κ1) is 9.62. The molecule has 0 rings (SSSR count). The third-order valence-electron chi connectivity index (χ3n) is 1.02. The number of aliphatic hydroxyl groups is 2. The van der Waals surface area contributed by atoms with Crippen LogP contribution in [0.4, 0.5) is 0 Å². The van der Waals surface area contributed by atoms with Crippen molar-refractivity contribution in [2.24, 2.45) is 0 Å². The van der Waals surface area contributed by atoms with E-state index in [1.165, 1.54) is 0 Å². The Balaban J connectivity index is 3.11. The fraction of sp³-hybridized carbons (Fsp3) is 0.714. The van der Waals surface area contributed by atoms with Crippen LogP contribution >= 0.6 is 0 Å².